The summed E-state index contributed by atoms with van der Waals surface area (Å²) in [6, 6.07) is 9.17. The summed E-state index contributed by atoms with van der Waals surface area (Å²) in [6.07, 6.45) is 3.61. The highest BCUT2D eigenvalue weighted by Crippen LogP contribution is 2.31. The van der Waals surface area contributed by atoms with Crippen LogP contribution < -0.4 is 0 Å². The average Bonchev–Trinajstić information content (AvgIpc) is 3.14. The first-order valence-electron chi connectivity index (χ1n) is 8.06. The van der Waals surface area contributed by atoms with Crippen LogP contribution in [-0.4, -0.2) is 46.8 Å². The van der Waals surface area contributed by atoms with Crippen molar-refractivity contribution in [1.82, 2.24) is 14.5 Å². The standard InChI is InChI=1S/C17H23N3O/c1-19-16-5-3-2-4-15(16)18-17(19)13-6-9-20(12-13)14-7-10-21-11-8-14/h2-5,13-14H,6-12H2,1H3. The third-order valence-electron chi connectivity index (χ3n) is 5.11. The van der Waals surface area contributed by atoms with E-state index in [1.807, 2.05) is 0 Å². The van der Waals surface area contributed by atoms with Gasteiger partial charge in [0.2, 0.25) is 0 Å². The Kier molecular flexibility index (Phi) is 3.43. The van der Waals surface area contributed by atoms with E-state index in [1.54, 1.807) is 0 Å². The summed E-state index contributed by atoms with van der Waals surface area (Å²) in [5, 5.41) is 0. The Morgan fingerprint density at radius 2 is 1.95 bits per heavy atom. The Labute approximate surface area is 125 Å². The fraction of sp³-hybridized carbons (Fsp3) is 0.588. The minimum Gasteiger partial charge on any atom is -0.381 e. The van der Waals surface area contributed by atoms with E-state index in [0.29, 0.717) is 5.92 Å². The molecule has 4 heteroatoms. The number of para-hydroxylation sites is 2. The largest absolute Gasteiger partial charge is 0.381 e. The summed E-state index contributed by atoms with van der Waals surface area (Å²) in [4.78, 5) is 7.54. The van der Waals surface area contributed by atoms with Crippen molar-refractivity contribution in [3.8, 4) is 0 Å². The van der Waals surface area contributed by atoms with Gasteiger partial charge in [0.15, 0.2) is 0 Å². The lowest BCUT2D eigenvalue weighted by Crippen LogP contribution is -2.37. The molecule has 2 saturated heterocycles. The summed E-state index contributed by atoms with van der Waals surface area (Å²) < 4.78 is 7.77. The Hall–Kier alpha value is -1.39. The van der Waals surface area contributed by atoms with Gasteiger partial charge in [-0.15, -0.1) is 0 Å². The molecule has 2 aliphatic rings. The number of benzene rings is 1. The van der Waals surface area contributed by atoms with E-state index in [-0.39, 0.29) is 0 Å². The molecule has 0 amide bonds. The minimum atomic E-state index is 0.574. The number of rotatable bonds is 2. The van der Waals surface area contributed by atoms with Crippen molar-refractivity contribution in [3.05, 3.63) is 30.1 Å². The first-order valence-corrected chi connectivity index (χ1v) is 8.06. The molecule has 2 aromatic rings. The Balaban J connectivity index is 1.55. The molecule has 2 fully saturated rings. The number of aromatic nitrogens is 2. The van der Waals surface area contributed by atoms with Gasteiger partial charge in [0.05, 0.1) is 11.0 Å². The zero-order valence-corrected chi connectivity index (χ0v) is 12.7. The summed E-state index contributed by atoms with van der Waals surface area (Å²) in [5.41, 5.74) is 2.37. The van der Waals surface area contributed by atoms with E-state index in [4.69, 9.17) is 9.72 Å². The fourth-order valence-corrected chi connectivity index (χ4v) is 3.91. The topological polar surface area (TPSA) is 30.3 Å². The Morgan fingerprint density at radius 1 is 1.14 bits per heavy atom. The molecule has 1 aromatic carbocycles. The number of likely N-dealkylation sites (tertiary alicyclic amines) is 1. The lowest BCUT2D eigenvalue weighted by Gasteiger charge is -2.31. The average molecular weight is 285 g/mol. The van der Waals surface area contributed by atoms with Crippen molar-refractivity contribution >= 4 is 11.0 Å². The van der Waals surface area contributed by atoms with Crippen molar-refractivity contribution in [2.75, 3.05) is 26.3 Å². The maximum atomic E-state index is 5.49. The monoisotopic (exact) mass is 285 g/mol. The van der Waals surface area contributed by atoms with Crippen molar-refractivity contribution < 1.29 is 4.74 Å². The molecule has 4 rings (SSSR count). The number of hydrogen-bond acceptors (Lipinski definition) is 3. The molecular formula is C17H23N3O. The highest BCUT2D eigenvalue weighted by atomic mass is 16.5. The quantitative estimate of drug-likeness (QED) is 0.849. The number of nitrogens with zero attached hydrogens (tertiary/aromatic N) is 3. The summed E-state index contributed by atoms with van der Waals surface area (Å²) in [7, 11) is 2.15. The lowest BCUT2D eigenvalue weighted by atomic mass is 10.1. The molecule has 0 saturated carbocycles. The van der Waals surface area contributed by atoms with Gasteiger partial charge in [0.1, 0.15) is 5.82 Å². The van der Waals surface area contributed by atoms with Crippen molar-refractivity contribution in [2.24, 2.45) is 7.05 Å². The first kappa shape index (κ1) is 13.3. The molecule has 2 aliphatic heterocycles. The fourth-order valence-electron chi connectivity index (χ4n) is 3.91. The van der Waals surface area contributed by atoms with Gasteiger partial charge in [-0.2, -0.15) is 0 Å². The van der Waals surface area contributed by atoms with Gasteiger partial charge >= 0.3 is 0 Å². The van der Waals surface area contributed by atoms with E-state index >= 15 is 0 Å². The molecule has 21 heavy (non-hydrogen) atoms. The number of fused-ring (bicyclic) bond motifs is 1. The van der Waals surface area contributed by atoms with Crippen LogP contribution in [0, 0.1) is 0 Å². The van der Waals surface area contributed by atoms with Crippen LogP contribution in [0.1, 0.15) is 31.0 Å². The highest BCUT2D eigenvalue weighted by molar-refractivity contribution is 5.75. The van der Waals surface area contributed by atoms with Crippen LogP contribution in [0.25, 0.3) is 11.0 Å². The predicted octanol–water partition coefficient (Wildman–Crippen LogP) is 2.54. The van der Waals surface area contributed by atoms with Crippen molar-refractivity contribution in [1.29, 1.82) is 0 Å². The molecule has 1 aromatic heterocycles. The normalized spacial score (nSPS) is 24.9. The van der Waals surface area contributed by atoms with Crippen LogP contribution in [0.15, 0.2) is 24.3 Å². The van der Waals surface area contributed by atoms with E-state index < -0.39 is 0 Å². The van der Waals surface area contributed by atoms with Crippen LogP contribution in [0.2, 0.25) is 0 Å². The number of aryl methyl sites for hydroxylation is 1. The highest BCUT2D eigenvalue weighted by Gasteiger charge is 2.32. The molecular weight excluding hydrogens is 262 g/mol. The molecule has 0 radical (unpaired) electrons. The van der Waals surface area contributed by atoms with Crippen LogP contribution in [0.4, 0.5) is 0 Å². The maximum absolute atomic E-state index is 5.49. The van der Waals surface area contributed by atoms with E-state index in [2.05, 4.69) is 40.8 Å². The van der Waals surface area contributed by atoms with Crippen LogP contribution in [-0.2, 0) is 11.8 Å². The number of hydrogen-bond donors (Lipinski definition) is 0. The molecule has 4 nitrogen and oxygen atoms in total. The van der Waals surface area contributed by atoms with Gasteiger partial charge in [-0.05, 0) is 37.9 Å². The molecule has 112 valence electrons. The van der Waals surface area contributed by atoms with Gasteiger partial charge in [-0.1, -0.05) is 12.1 Å². The van der Waals surface area contributed by atoms with Gasteiger partial charge in [-0.3, -0.25) is 4.90 Å². The second-order valence-corrected chi connectivity index (χ2v) is 6.34. The van der Waals surface area contributed by atoms with Crippen LogP contribution >= 0.6 is 0 Å². The molecule has 0 spiro atoms. The van der Waals surface area contributed by atoms with Gasteiger partial charge in [0, 0.05) is 38.8 Å². The molecule has 0 N–H and O–H groups in total. The molecule has 0 bridgehead atoms. The SMILES string of the molecule is Cn1c(C2CCN(C3CCOCC3)C2)nc2ccccc21. The third kappa shape index (κ3) is 2.36. The van der Waals surface area contributed by atoms with Gasteiger partial charge in [-0.25, -0.2) is 4.98 Å². The second-order valence-electron chi connectivity index (χ2n) is 6.34. The zero-order valence-electron chi connectivity index (χ0n) is 12.7. The van der Waals surface area contributed by atoms with Gasteiger partial charge < -0.3 is 9.30 Å². The number of imidazole rings is 1. The van der Waals surface area contributed by atoms with Gasteiger partial charge in [0.25, 0.3) is 0 Å². The van der Waals surface area contributed by atoms with Crippen molar-refractivity contribution in [2.45, 2.75) is 31.2 Å². The zero-order chi connectivity index (χ0) is 14.2. The first-order chi connectivity index (χ1) is 10.3. The predicted molar refractivity (Wildman–Crippen MR) is 83.5 cm³/mol. The summed E-state index contributed by atoms with van der Waals surface area (Å²) in [5.74, 6) is 1.83. The summed E-state index contributed by atoms with van der Waals surface area (Å²) >= 11 is 0. The van der Waals surface area contributed by atoms with E-state index in [9.17, 15) is 0 Å². The second kappa shape index (κ2) is 5.43. The smallest absolute Gasteiger partial charge is 0.114 e. The Morgan fingerprint density at radius 3 is 2.76 bits per heavy atom. The summed E-state index contributed by atoms with van der Waals surface area (Å²) in [6.45, 7) is 4.22. The molecule has 0 aliphatic carbocycles. The van der Waals surface area contributed by atoms with E-state index in [0.717, 1.165) is 31.3 Å². The third-order valence-corrected chi connectivity index (χ3v) is 5.11. The molecule has 1 unspecified atom stereocenters. The molecule has 3 heterocycles. The van der Waals surface area contributed by atoms with Crippen LogP contribution in [0.3, 0.4) is 0 Å². The maximum Gasteiger partial charge on any atom is 0.114 e. The number of ether oxygens (including phenoxy) is 1. The molecule has 1 atom stereocenters. The minimum absolute atomic E-state index is 0.574. The van der Waals surface area contributed by atoms with Crippen LogP contribution in [0.5, 0.6) is 0 Å². The Bertz CT molecular complexity index is 630. The van der Waals surface area contributed by atoms with Crippen molar-refractivity contribution in [3.63, 3.8) is 0 Å². The van der Waals surface area contributed by atoms with E-state index in [1.165, 1.54) is 37.1 Å². The lowest BCUT2D eigenvalue weighted by molar-refractivity contribution is 0.0419.